The van der Waals surface area contributed by atoms with Gasteiger partial charge in [-0.05, 0) is 19.1 Å². The Morgan fingerprint density at radius 1 is 1.41 bits per heavy atom. The number of hydrogen-bond donors (Lipinski definition) is 1. The Bertz CT molecular complexity index is 833. The van der Waals surface area contributed by atoms with Crippen molar-refractivity contribution in [2.45, 2.75) is 11.8 Å². The molecule has 4 nitrogen and oxygen atoms in total. The Hall–Kier alpha value is -1.11. The minimum Gasteiger partial charge on any atom is -0.360 e. The molecule has 3 rings (SSSR count). The summed E-state index contributed by atoms with van der Waals surface area (Å²) >= 11 is 1.46. The fraction of sp³-hybridized carbons (Fsp3) is 0.100. The van der Waals surface area contributed by atoms with Crippen LogP contribution in [0.25, 0.3) is 21.1 Å². The van der Waals surface area contributed by atoms with Gasteiger partial charge in [0, 0.05) is 27.8 Å². The van der Waals surface area contributed by atoms with Crippen molar-refractivity contribution in [3.05, 3.63) is 23.3 Å². The van der Waals surface area contributed by atoms with Gasteiger partial charge in [-0.25, -0.2) is 13.4 Å². The third-order valence-electron chi connectivity index (χ3n) is 2.53. The first-order valence-electron chi connectivity index (χ1n) is 4.79. The van der Waals surface area contributed by atoms with E-state index in [4.69, 9.17) is 10.7 Å². The number of H-pyrrole nitrogens is 1. The molecule has 2 aromatic heterocycles. The van der Waals surface area contributed by atoms with Gasteiger partial charge in [-0.2, -0.15) is 0 Å². The van der Waals surface area contributed by atoms with Gasteiger partial charge in [0.2, 0.25) is 0 Å². The van der Waals surface area contributed by atoms with Crippen molar-refractivity contribution in [3.63, 3.8) is 0 Å². The molecule has 0 fully saturated rings. The van der Waals surface area contributed by atoms with E-state index in [9.17, 15) is 8.42 Å². The molecule has 0 aliphatic carbocycles. The van der Waals surface area contributed by atoms with Crippen LogP contribution >= 0.6 is 22.0 Å². The van der Waals surface area contributed by atoms with Gasteiger partial charge in [-0.15, -0.1) is 11.3 Å². The molecule has 0 unspecified atom stereocenters. The monoisotopic (exact) mass is 286 g/mol. The number of fused-ring (bicyclic) bond motifs is 3. The predicted octanol–water partition coefficient (Wildman–Crippen LogP) is 3.01. The Kier molecular flexibility index (Phi) is 2.23. The lowest BCUT2D eigenvalue weighted by atomic mass is 10.2. The average molecular weight is 287 g/mol. The van der Waals surface area contributed by atoms with Gasteiger partial charge < -0.3 is 4.98 Å². The largest absolute Gasteiger partial charge is 0.360 e. The highest BCUT2D eigenvalue weighted by Gasteiger charge is 2.19. The van der Waals surface area contributed by atoms with E-state index in [0.29, 0.717) is 5.39 Å². The fourth-order valence-corrected chi connectivity index (χ4v) is 3.94. The van der Waals surface area contributed by atoms with Crippen molar-refractivity contribution >= 4 is 52.2 Å². The number of aryl methyl sites for hydroxylation is 1. The molecule has 3 aromatic rings. The topological polar surface area (TPSA) is 62.8 Å². The van der Waals surface area contributed by atoms with Gasteiger partial charge in [-0.3, -0.25) is 0 Å². The first-order chi connectivity index (χ1) is 7.97. The summed E-state index contributed by atoms with van der Waals surface area (Å²) in [6, 6.07) is 3.67. The number of rotatable bonds is 1. The van der Waals surface area contributed by atoms with Crippen LogP contribution in [0.5, 0.6) is 0 Å². The van der Waals surface area contributed by atoms with Crippen molar-refractivity contribution < 1.29 is 8.42 Å². The highest BCUT2D eigenvalue weighted by Crippen LogP contribution is 2.35. The zero-order valence-corrected chi connectivity index (χ0v) is 11.1. The zero-order chi connectivity index (χ0) is 12.2. The van der Waals surface area contributed by atoms with Gasteiger partial charge >= 0.3 is 0 Å². The zero-order valence-electron chi connectivity index (χ0n) is 8.69. The molecule has 17 heavy (non-hydrogen) atoms. The van der Waals surface area contributed by atoms with E-state index in [1.165, 1.54) is 17.5 Å². The minimum atomic E-state index is -3.75. The Morgan fingerprint density at radius 2 is 2.18 bits per heavy atom. The highest BCUT2D eigenvalue weighted by molar-refractivity contribution is 8.14. The molecule has 1 N–H and O–H groups in total. The molecule has 0 bridgehead atoms. The molecule has 0 saturated heterocycles. The molecule has 0 atom stereocenters. The third-order valence-corrected chi connectivity index (χ3v) is 4.88. The summed E-state index contributed by atoms with van der Waals surface area (Å²) in [6.45, 7) is 1.89. The Labute approximate surface area is 106 Å². The normalized spacial score (nSPS) is 12.6. The van der Waals surface area contributed by atoms with E-state index in [-0.39, 0.29) is 4.90 Å². The fourth-order valence-electron chi connectivity index (χ4n) is 1.88. The first-order valence-corrected chi connectivity index (χ1v) is 7.91. The number of aromatic nitrogens is 2. The average Bonchev–Trinajstić information content (AvgIpc) is 2.76. The molecule has 0 saturated carbocycles. The second-order valence-electron chi connectivity index (χ2n) is 3.66. The van der Waals surface area contributed by atoms with E-state index in [1.807, 2.05) is 19.1 Å². The lowest BCUT2D eigenvalue weighted by Crippen LogP contribution is -1.87. The maximum Gasteiger partial charge on any atom is 0.263 e. The number of nitrogens with zero attached hydrogens (tertiary/aromatic N) is 1. The van der Waals surface area contributed by atoms with Crippen LogP contribution in [0.15, 0.2) is 23.2 Å². The molecule has 0 aliphatic heterocycles. The van der Waals surface area contributed by atoms with Gasteiger partial charge in [0.25, 0.3) is 9.05 Å². The van der Waals surface area contributed by atoms with Crippen molar-refractivity contribution in [2.24, 2.45) is 0 Å². The molecule has 7 heteroatoms. The van der Waals surface area contributed by atoms with E-state index >= 15 is 0 Å². The van der Waals surface area contributed by atoms with Crippen molar-refractivity contribution in [3.8, 4) is 0 Å². The summed E-state index contributed by atoms with van der Waals surface area (Å²) in [4.78, 5) is 7.36. The van der Waals surface area contributed by atoms with Crippen LogP contribution in [-0.2, 0) is 9.05 Å². The number of hydrogen-bond acceptors (Lipinski definition) is 4. The molecule has 1 aromatic carbocycles. The van der Waals surface area contributed by atoms with Crippen LogP contribution in [-0.4, -0.2) is 18.4 Å². The van der Waals surface area contributed by atoms with Crippen LogP contribution in [0, 0.1) is 6.92 Å². The minimum absolute atomic E-state index is 0.114. The van der Waals surface area contributed by atoms with Crippen LogP contribution in [0.3, 0.4) is 0 Å². The quantitative estimate of drug-likeness (QED) is 0.700. The SMILES string of the molecule is Cc1nc2ccc3[nH]cc(S(=O)(=O)Cl)c3c2s1. The van der Waals surface area contributed by atoms with Crippen LogP contribution in [0.1, 0.15) is 5.01 Å². The van der Waals surface area contributed by atoms with Gasteiger partial charge in [0.05, 0.1) is 15.2 Å². The lowest BCUT2D eigenvalue weighted by molar-refractivity contribution is 0.610. The van der Waals surface area contributed by atoms with Gasteiger partial charge in [0.15, 0.2) is 0 Å². The van der Waals surface area contributed by atoms with Crippen molar-refractivity contribution in [2.75, 3.05) is 0 Å². The second-order valence-corrected chi connectivity index (χ2v) is 7.40. The maximum atomic E-state index is 11.5. The summed E-state index contributed by atoms with van der Waals surface area (Å²) in [6.07, 6.45) is 1.42. The molecule has 0 spiro atoms. The summed E-state index contributed by atoms with van der Waals surface area (Å²) in [5.74, 6) is 0. The lowest BCUT2D eigenvalue weighted by Gasteiger charge is -1.95. The van der Waals surface area contributed by atoms with Crippen LogP contribution < -0.4 is 0 Å². The molecular formula is C10H7ClN2O2S2. The third kappa shape index (κ3) is 1.64. The molecule has 88 valence electrons. The summed E-state index contributed by atoms with van der Waals surface area (Å²) in [5.41, 5.74) is 1.54. The van der Waals surface area contributed by atoms with E-state index < -0.39 is 9.05 Å². The number of thiazole rings is 1. The standard InChI is InChI=1S/C10H7ClN2O2S2/c1-5-13-7-3-2-6-9(10(7)16-5)8(4-12-6)17(11,14)15/h2-4,12H,1H3. The first kappa shape index (κ1) is 11.0. The van der Waals surface area contributed by atoms with Gasteiger partial charge in [0.1, 0.15) is 4.90 Å². The smallest absolute Gasteiger partial charge is 0.263 e. The second kappa shape index (κ2) is 3.44. The molecular weight excluding hydrogens is 280 g/mol. The summed E-state index contributed by atoms with van der Waals surface area (Å²) in [5, 5.41) is 1.52. The molecule has 0 radical (unpaired) electrons. The van der Waals surface area contributed by atoms with E-state index in [2.05, 4.69) is 9.97 Å². The molecule has 0 amide bonds. The maximum absolute atomic E-state index is 11.5. The number of halogens is 1. The van der Waals surface area contributed by atoms with Crippen LogP contribution in [0.4, 0.5) is 0 Å². The molecule has 2 heterocycles. The van der Waals surface area contributed by atoms with Crippen LogP contribution in [0.2, 0.25) is 0 Å². The molecule has 0 aliphatic rings. The van der Waals surface area contributed by atoms with Crippen molar-refractivity contribution in [1.29, 1.82) is 0 Å². The predicted molar refractivity (Wildman–Crippen MR) is 69.3 cm³/mol. The summed E-state index contributed by atoms with van der Waals surface area (Å²) in [7, 11) is 1.67. The highest BCUT2D eigenvalue weighted by atomic mass is 35.7. The van der Waals surface area contributed by atoms with Gasteiger partial charge in [-0.1, -0.05) is 0 Å². The number of benzene rings is 1. The van der Waals surface area contributed by atoms with E-state index in [1.54, 1.807) is 0 Å². The Balaban J connectivity index is 2.59. The summed E-state index contributed by atoms with van der Waals surface area (Å²) < 4.78 is 23.8. The van der Waals surface area contributed by atoms with Crippen molar-refractivity contribution in [1.82, 2.24) is 9.97 Å². The van der Waals surface area contributed by atoms with E-state index in [0.717, 1.165) is 20.7 Å². The Morgan fingerprint density at radius 3 is 2.88 bits per heavy atom. The number of aromatic amines is 1. The number of nitrogens with one attached hydrogen (secondary N) is 1.